The van der Waals surface area contributed by atoms with Gasteiger partial charge in [-0.05, 0) is 5.56 Å². The zero-order chi connectivity index (χ0) is 9.52. The Morgan fingerprint density at radius 1 is 1.36 bits per heavy atom. The molecular formula is C9H11NOS2Zn. The van der Waals surface area contributed by atoms with E-state index in [0.717, 1.165) is 5.75 Å². The largest absolute Gasteiger partial charge is 0.377 e. The number of aliphatic hydroxyl groups is 1. The fourth-order valence-electron chi connectivity index (χ4n) is 0.839. The van der Waals surface area contributed by atoms with Gasteiger partial charge in [0.15, 0.2) is 0 Å². The van der Waals surface area contributed by atoms with E-state index >= 15 is 0 Å². The molecule has 0 heterocycles. The summed E-state index contributed by atoms with van der Waals surface area (Å²) in [5, 5.41) is 11.2. The van der Waals surface area contributed by atoms with Gasteiger partial charge in [-0.15, -0.1) is 0 Å². The van der Waals surface area contributed by atoms with E-state index in [1.807, 2.05) is 18.2 Å². The number of benzene rings is 1. The van der Waals surface area contributed by atoms with Crippen LogP contribution in [0.5, 0.6) is 0 Å². The van der Waals surface area contributed by atoms with E-state index < -0.39 is 0 Å². The van der Waals surface area contributed by atoms with Crippen molar-refractivity contribution in [2.75, 3.05) is 6.73 Å². The molecule has 0 aliphatic heterocycles. The number of thioether (sulfide) groups is 1. The van der Waals surface area contributed by atoms with E-state index in [2.05, 4.69) is 17.4 Å². The summed E-state index contributed by atoms with van der Waals surface area (Å²) in [6, 6.07) is 10.1. The molecule has 0 amide bonds. The Morgan fingerprint density at radius 3 is 2.57 bits per heavy atom. The van der Waals surface area contributed by atoms with Gasteiger partial charge in [-0.25, -0.2) is 0 Å². The molecule has 0 saturated carbocycles. The number of aliphatic hydroxyl groups excluding tert-OH is 1. The Labute approximate surface area is 106 Å². The molecule has 1 rings (SSSR count). The fourth-order valence-corrected chi connectivity index (χ4v) is 1.74. The van der Waals surface area contributed by atoms with Crippen LogP contribution in [0.2, 0.25) is 0 Å². The fraction of sp³-hybridized carbons (Fsp3) is 0.222. The second-order valence-corrected chi connectivity index (χ2v) is 4.05. The molecule has 0 radical (unpaired) electrons. The number of hydrogen-bond acceptors (Lipinski definition) is 3. The molecule has 1 aromatic carbocycles. The van der Waals surface area contributed by atoms with Crippen molar-refractivity contribution in [2.45, 2.75) is 5.75 Å². The van der Waals surface area contributed by atoms with E-state index in [9.17, 15) is 0 Å². The summed E-state index contributed by atoms with van der Waals surface area (Å²) in [6.07, 6.45) is 0. The smallest absolute Gasteiger partial charge is 0.135 e. The summed E-state index contributed by atoms with van der Waals surface area (Å²) < 4.78 is 0.631. The second kappa shape index (κ2) is 8.36. The second-order valence-electron chi connectivity index (χ2n) is 2.40. The van der Waals surface area contributed by atoms with Crippen LogP contribution >= 0.6 is 24.0 Å². The third kappa shape index (κ3) is 5.71. The first-order chi connectivity index (χ1) is 6.33. The maximum absolute atomic E-state index is 8.52. The zero-order valence-corrected chi connectivity index (χ0v) is 12.4. The van der Waals surface area contributed by atoms with Crippen LogP contribution in [0.15, 0.2) is 30.3 Å². The van der Waals surface area contributed by atoms with Gasteiger partial charge in [0.2, 0.25) is 0 Å². The minimum atomic E-state index is -0.0966. The van der Waals surface area contributed by atoms with E-state index in [0.29, 0.717) is 4.32 Å². The van der Waals surface area contributed by atoms with Crippen LogP contribution in [0.4, 0.5) is 0 Å². The minimum Gasteiger partial charge on any atom is -0.377 e. The van der Waals surface area contributed by atoms with E-state index in [1.54, 1.807) is 0 Å². The van der Waals surface area contributed by atoms with E-state index in [1.165, 1.54) is 17.3 Å². The summed E-state index contributed by atoms with van der Waals surface area (Å²) in [7, 11) is 0. The van der Waals surface area contributed by atoms with Gasteiger partial charge < -0.3 is 10.4 Å². The molecule has 5 heteroatoms. The summed E-state index contributed by atoms with van der Waals surface area (Å²) in [6.45, 7) is -0.0966. The maximum Gasteiger partial charge on any atom is 0.135 e. The summed E-state index contributed by atoms with van der Waals surface area (Å²) >= 11 is 6.46. The normalized spacial score (nSPS) is 8.93. The van der Waals surface area contributed by atoms with Crippen molar-refractivity contribution in [3.05, 3.63) is 35.9 Å². The van der Waals surface area contributed by atoms with Crippen molar-refractivity contribution < 1.29 is 24.6 Å². The Hall–Kier alpha value is 0.0434. The standard InChI is InChI=1S/C9H11NOS2.Zn/c11-7-10-9(12)13-6-8-4-2-1-3-5-8;/h1-5,11H,6-7H2,(H,10,12);. The van der Waals surface area contributed by atoms with Crippen LogP contribution in [0, 0.1) is 0 Å². The van der Waals surface area contributed by atoms with Crippen molar-refractivity contribution in [3.63, 3.8) is 0 Å². The van der Waals surface area contributed by atoms with E-state index in [4.69, 9.17) is 17.3 Å². The number of rotatable bonds is 3. The SMILES string of the molecule is OCNC(=S)SCc1ccccc1.[Zn]. The monoisotopic (exact) mass is 277 g/mol. The summed E-state index contributed by atoms with van der Waals surface area (Å²) in [5.41, 5.74) is 1.23. The molecule has 0 aliphatic rings. The summed E-state index contributed by atoms with van der Waals surface area (Å²) in [4.78, 5) is 0. The Balaban J connectivity index is 0.00000169. The number of hydrogen-bond donors (Lipinski definition) is 2. The van der Waals surface area contributed by atoms with Gasteiger partial charge >= 0.3 is 0 Å². The van der Waals surface area contributed by atoms with Gasteiger partial charge in [0, 0.05) is 25.2 Å². The molecule has 2 nitrogen and oxygen atoms in total. The molecule has 0 saturated heterocycles. The van der Waals surface area contributed by atoms with Crippen LogP contribution in [-0.4, -0.2) is 16.2 Å². The average Bonchev–Trinajstić information content (AvgIpc) is 2.17. The van der Waals surface area contributed by atoms with Crippen LogP contribution in [-0.2, 0) is 25.2 Å². The molecule has 0 aromatic heterocycles. The first kappa shape index (κ1) is 14.0. The Morgan fingerprint density at radius 2 is 2.00 bits per heavy atom. The third-order valence-electron chi connectivity index (χ3n) is 1.44. The zero-order valence-electron chi connectivity index (χ0n) is 7.77. The average molecular weight is 279 g/mol. The Kier molecular flexibility index (Phi) is 8.39. The van der Waals surface area contributed by atoms with Gasteiger partial charge in [0.1, 0.15) is 11.1 Å². The molecule has 0 unspecified atom stereocenters. The molecule has 72 valence electrons. The third-order valence-corrected chi connectivity index (χ3v) is 2.82. The first-order valence-corrected chi connectivity index (χ1v) is 5.27. The van der Waals surface area contributed by atoms with E-state index in [-0.39, 0.29) is 26.2 Å². The van der Waals surface area contributed by atoms with Crippen molar-refractivity contribution in [2.24, 2.45) is 0 Å². The molecule has 0 fully saturated rings. The molecule has 0 bridgehead atoms. The van der Waals surface area contributed by atoms with Crippen LogP contribution in [0.1, 0.15) is 5.56 Å². The molecule has 14 heavy (non-hydrogen) atoms. The number of nitrogens with one attached hydrogen (secondary N) is 1. The van der Waals surface area contributed by atoms with Gasteiger partial charge in [0.25, 0.3) is 0 Å². The first-order valence-electron chi connectivity index (χ1n) is 3.88. The van der Waals surface area contributed by atoms with Gasteiger partial charge in [-0.2, -0.15) is 0 Å². The summed E-state index contributed by atoms with van der Waals surface area (Å²) in [5.74, 6) is 0.840. The predicted molar refractivity (Wildman–Crippen MR) is 60.6 cm³/mol. The van der Waals surface area contributed by atoms with Crippen molar-refractivity contribution >= 4 is 28.3 Å². The van der Waals surface area contributed by atoms with Gasteiger partial charge in [-0.1, -0.05) is 54.3 Å². The van der Waals surface area contributed by atoms with Crippen molar-refractivity contribution in [3.8, 4) is 0 Å². The molecule has 0 atom stereocenters. The molecule has 0 aliphatic carbocycles. The molecule has 1 aromatic rings. The van der Waals surface area contributed by atoms with Crippen molar-refractivity contribution in [1.82, 2.24) is 5.32 Å². The van der Waals surface area contributed by atoms with Crippen LogP contribution in [0.25, 0.3) is 0 Å². The topological polar surface area (TPSA) is 32.3 Å². The molecule has 0 spiro atoms. The molecule has 2 N–H and O–H groups in total. The minimum absolute atomic E-state index is 0. The maximum atomic E-state index is 8.52. The van der Waals surface area contributed by atoms with Crippen LogP contribution < -0.4 is 5.32 Å². The van der Waals surface area contributed by atoms with Crippen molar-refractivity contribution in [1.29, 1.82) is 0 Å². The quantitative estimate of drug-likeness (QED) is 0.501. The van der Waals surface area contributed by atoms with Crippen LogP contribution in [0.3, 0.4) is 0 Å². The van der Waals surface area contributed by atoms with Gasteiger partial charge in [-0.3, -0.25) is 0 Å². The predicted octanol–water partition coefficient (Wildman–Crippen LogP) is 1.74. The van der Waals surface area contributed by atoms with Gasteiger partial charge in [0.05, 0.1) is 0 Å². The molecular weight excluding hydrogens is 268 g/mol. The number of thiocarbonyl (C=S) groups is 1. The Bertz CT molecular complexity index is 269.